The summed E-state index contributed by atoms with van der Waals surface area (Å²) < 4.78 is 39.2. The minimum Gasteiger partial charge on any atom is -0.365 e. The Morgan fingerprint density at radius 2 is 2.00 bits per heavy atom. The molecule has 0 unspecified atom stereocenters. The molecule has 1 aliphatic rings. The quantitative estimate of drug-likeness (QED) is 0.804. The fourth-order valence-corrected chi connectivity index (χ4v) is 3.54. The zero-order chi connectivity index (χ0) is 21.2. The third-order valence-corrected chi connectivity index (χ3v) is 4.87. The second-order valence-corrected chi connectivity index (χ2v) is 7.45. The number of hydrogen-bond acceptors (Lipinski definition) is 5. The van der Waals surface area contributed by atoms with E-state index in [1.165, 1.54) is 13.0 Å². The van der Waals surface area contributed by atoms with Gasteiger partial charge in [0.2, 0.25) is 5.91 Å². The van der Waals surface area contributed by atoms with Crippen LogP contribution in [0.5, 0.6) is 0 Å². The van der Waals surface area contributed by atoms with Crippen molar-refractivity contribution < 1.29 is 18.0 Å². The first-order valence-corrected chi connectivity index (χ1v) is 9.42. The highest BCUT2D eigenvalue weighted by Gasteiger charge is 2.31. The van der Waals surface area contributed by atoms with E-state index in [0.717, 1.165) is 43.6 Å². The van der Waals surface area contributed by atoms with Crippen molar-refractivity contribution in [2.24, 2.45) is 0 Å². The first kappa shape index (κ1) is 21.0. The Kier molecular flexibility index (Phi) is 6.07. The summed E-state index contributed by atoms with van der Waals surface area (Å²) in [5, 5.41) is 14.3. The Bertz CT molecular complexity index is 900. The smallest absolute Gasteiger partial charge is 0.365 e. The van der Waals surface area contributed by atoms with Crippen LogP contribution in [0.25, 0.3) is 11.3 Å². The van der Waals surface area contributed by atoms with Crippen molar-refractivity contribution in [1.29, 1.82) is 0 Å². The Morgan fingerprint density at radius 3 is 2.62 bits per heavy atom. The van der Waals surface area contributed by atoms with E-state index in [9.17, 15) is 18.0 Å². The third kappa shape index (κ3) is 5.23. The topological polar surface area (TPSA) is 70.1 Å². The van der Waals surface area contributed by atoms with Crippen molar-refractivity contribution in [2.75, 3.05) is 30.8 Å². The van der Waals surface area contributed by atoms with Crippen LogP contribution in [0.3, 0.4) is 0 Å². The molecule has 1 aromatic carbocycles. The normalized spacial score (nSPS) is 17.8. The van der Waals surface area contributed by atoms with Crippen LogP contribution in [0, 0.1) is 6.92 Å². The first-order valence-electron chi connectivity index (χ1n) is 9.42. The van der Waals surface area contributed by atoms with Gasteiger partial charge < -0.3 is 15.5 Å². The van der Waals surface area contributed by atoms with Crippen LogP contribution < -0.4 is 10.6 Å². The van der Waals surface area contributed by atoms with Gasteiger partial charge in [-0.3, -0.25) is 4.79 Å². The molecule has 1 saturated heterocycles. The summed E-state index contributed by atoms with van der Waals surface area (Å²) in [4.78, 5) is 13.7. The van der Waals surface area contributed by atoms with Crippen LogP contribution in [0.1, 0.15) is 30.9 Å². The Hall–Kier alpha value is -2.68. The van der Waals surface area contributed by atoms with Gasteiger partial charge in [-0.1, -0.05) is 6.07 Å². The highest BCUT2D eigenvalue weighted by Crippen LogP contribution is 2.36. The van der Waals surface area contributed by atoms with Gasteiger partial charge >= 0.3 is 6.18 Å². The minimum atomic E-state index is -4.51. The van der Waals surface area contributed by atoms with Gasteiger partial charge in [-0.05, 0) is 57.1 Å². The molecule has 3 rings (SSSR count). The predicted molar refractivity (Wildman–Crippen MR) is 106 cm³/mol. The van der Waals surface area contributed by atoms with Gasteiger partial charge in [-0.25, -0.2) is 0 Å². The highest BCUT2D eigenvalue weighted by molar-refractivity contribution is 5.94. The summed E-state index contributed by atoms with van der Waals surface area (Å²) in [6.45, 7) is 5.05. The lowest BCUT2D eigenvalue weighted by molar-refractivity contribution is -0.137. The SMILES string of the molecule is CC(=O)Nc1cc(C(F)(F)F)ccc1-c1nnc(N[C@@H]2CCCN(C)C2)cc1C. The minimum absolute atomic E-state index is 0.0549. The van der Waals surface area contributed by atoms with E-state index in [0.29, 0.717) is 17.1 Å². The van der Waals surface area contributed by atoms with Crippen molar-refractivity contribution in [2.45, 2.75) is 38.9 Å². The Labute approximate surface area is 167 Å². The summed E-state index contributed by atoms with van der Waals surface area (Å²) in [7, 11) is 2.07. The van der Waals surface area contributed by atoms with Crippen LogP contribution in [-0.4, -0.2) is 47.2 Å². The Balaban J connectivity index is 1.90. The van der Waals surface area contributed by atoms with Gasteiger partial charge in [-0.2, -0.15) is 13.2 Å². The van der Waals surface area contributed by atoms with Crippen LogP contribution in [0.2, 0.25) is 0 Å². The standard InChI is InChI=1S/C20H24F3N5O/c1-12-9-18(25-15-5-4-8-28(3)11-15)26-27-19(12)16-7-6-14(20(21,22)23)10-17(16)24-13(2)29/h6-7,9-10,15H,4-5,8,11H2,1-3H3,(H,24,29)(H,25,26)/t15-/m1/s1. The fraction of sp³-hybridized carbons (Fsp3) is 0.450. The molecule has 0 saturated carbocycles. The van der Waals surface area contributed by atoms with E-state index in [4.69, 9.17) is 0 Å². The number of hydrogen-bond donors (Lipinski definition) is 2. The number of rotatable bonds is 4. The molecular weight excluding hydrogens is 383 g/mol. The number of likely N-dealkylation sites (tertiary alicyclic amines) is 1. The number of aromatic nitrogens is 2. The molecule has 1 aliphatic heterocycles. The van der Waals surface area contributed by atoms with Gasteiger partial charge in [0.25, 0.3) is 0 Å². The van der Waals surface area contributed by atoms with Gasteiger partial charge in [0, 0.05) is 25.1 Å². The molecule has 6 nitrogen and oxygen atoms in total. The van der Waals surface area contributed by atoms with E-state index in [1.54, 1.807) is 0 Å². The molecule has 2 heterocycles. The molecule has 1 atom stereocenters. The van der Waals surface area contributed by atoms with Crippen LogP contribution in [-0.2, 0) is 11.0 Å². The number of halogens is 3. The van der Waals surface area contributed by atoms with Crippen molar-refractivity contribution in [3.63, 3.8) is 0 Å². The average molecular weight is 407 g/mol. The number of likely N-dealkylation sites (N-methyl/N-ethyl adjacent to an activating group) is 1. The third-order valence-electron chi connectivity index (χ3n) is 4.87. The van der Waals surface area contributed by atoms with Gasteiger partial charge in [-0.15, -0.1) is 10.2 Å². The summed E-state index contributed by atoms with van der Waals surface area (Å²) in [6.07, 6.45) is -2.36. The molecule has 0 aliphatic carbocycles. The number of nitrogens with zero attached hydrogens (tertiary/aromatic N) is 3. The van der Waals surface area contributed by atoms with Crippen LogP contribution in [0.15, 0.2) is 24.3 Å². The molecule has 9 heteroatoms. The summed E-state index contributed by atoms with van der Waals surface area (Å²) in [5.41, 5.74) is 0.781. The summed E-state index contributed by atoms with van der Waals surface area (Å²) in [5.74, 6) is 0.162. The van der Waals surface area contributed by atoms with Crippen LogP contribution in [0.4, 0.5) is 24.7 Å². The van der Waals surface area contributed by atoms with Crippen molar-refractivity contribution in [1.82, 2.24) is 15.1 Å². The molecule has 1 amide bonds. The number of carbonyl (C=O) groups is 1. The second kappa shape index (κ2) is 8.36. The maximum atomic E-state index is 13.1. The zero-order valence-corrected chi connectivity index (χ0v) is 16.6. The number of piperidine rings is 1. The number of nitrogens with one attached hydrogen (secondary N) is 2. The molecule has 0 spiro atoms. The lowest BCUT2D eigenvalue weighted by Crippen LogP contribution is -2.39. The second-order valence-electron chi connectivity index (χ2n) is 7.45. The van der Waals surface area contributed by atoms with Crippen molar-refractivity contribution in [3.8, 4) is 11.3 Å². The van der Waals surface area contributed by atoms with Crippen molar-refractivity contribution in [3.05, 3.63) is 35.4 Å². The lowest BCUT2D eigenvalue weighted by Gasteiger charge is -2.30. The number of amides is 1. The van der Waals surface area contributed by atoms with E-state index >= 15 is 0 Å². The zero-order valence-electron chi connectivity index (χ0n) is 16.6. The summed E-state index contributed by atoms with van der Waals surface area (Å²) in [6, 6.07) is 5.31. The number of benzene rings is 1. The summed E-state index contributed by atoms with van der Waals surface area (Å²) >= 11 is 0. The maximum Gasteiger partial charge on any atom is 0.416 e. The van der Waals surface area contributed by atoms with Gasteiger partial charge in [0.05, 0.1) is 16.9 Å². The fourth-order valence-electron chi connectivity index (χ4n) is 3.54. The molecule has 0 bridgehead atoms. The number of aryl methyl sites for hydroxylation is 1. The van der Waals surface area contributed by atoms with E-state index < -0.39 is 17.6 Å². The maximum absolute atomic E-state index is 13.1. The van der Waals surface area contributed by atoms with Crippen LogP contribution >= 0.6 is 0 Å². The molecule has 0 radical (unpaired) electrons. The Morgan fingerprint density at radius 1 is 1.24 bits per heavy atom. The van der Waals surface area contributed by atoms with Gasteiger partial charge in [0.1, 0.15) is 5.82 Å². The molecule has 1 fully saturated rings. The number of carbonyl (C=O) groups excluding carboxylic acids is 1. The van der Waals surface area contributed by atoms with Gasteiger partial charge in [0.15, 0.2) is 0 Å². The predicted octanol–water partition coefficient (Wildman–Crippen LogP) is 3.94. The molecular formula is C20H24F3N5O. The molecule has 2 aromatic rings. The molecule has 156 valence electrons. The van der Waals surface area contributed by atoms with E-state index in [1.807, 2.05) is 13.0 Å². The van der Waals surface area contributed by atoms with E-state index in [-0.39, 0.29) is 11.7 Å². The molecule has 29 heavy (non-hydrogen) atoms. The van der Waals surface area contributed by atoms with E-state index in [2.05, 4.69) is 32.8 Å². The molecule has 1 aromatic heterocycles. The largest absolute Gasteiger partial charge is 0.416 e. The first-order chi connectivity index (χ1) is 13.6. The lowest BCUT2D eigenvalue weighted by atomic mass is 10.0. The highest BCUT2D eigenvalue weighted by atomic mass is 19.4. The molecule has 2 N–H and O–H groups in total. The van der Waals surface area contributed by atoms with Crippen molar-refractivity contribution >= 4 is 17.4 Å². The number of anilines is 2. The monoisotopic (exact) mass is 407 g/mol. The average Bonchev–Trinajstić information content (AvgIpc) is 2.61. The number of alkyl halides is 3.